The SMILES string of the molecule is CCC1C(=O)NCCN1C(=O)c1cnn(CCCN)c1C. The molecule has 2 heterocycles. The lowest BCUT2D eigenvalue weighted by Gasteiger charge is -2.34. The zero-order valence-electron chi connectivity index (χ0n) is 12.6. The van der Waals surface area contributed by atoms with Crippen molar-refractivity contribution < 1.29 is 9.59 Å². The van der Waals surface area contributed by atoms with Crippen LogP contribution in [-0.4, -0.2) is 52.2 Å². The summed E-state index contributed by atoms with van der Waals surface area (Å²) in [5.41, 5.74) is 6.90. The lowest BCUT2D eigenvalue weighted by molar-refractivity contribution is -0.127. The number of nitrogens with zero attached hydrogens (tertiary/aromatic N) is 3. The summed E-state index contributed by atoms with van der Waals surface area (Å²) in [7, 11) is 0. The molecule has 0 aliphatic carbocycles. The van der Waals surface area contributed by atoms with Crippen LogP contribution in [0.15, 0.2) is 6.20 Å². The Balaban J connectivity index is 2.19. The van der Waals surface area contributed by atoms with Crippen molar-refractivity contribution in [2.45, 2.75) is 39.3 Å². The van der Waals surface area contributed by atoms with Crippen molar-refractivity contribution >= 4 is 11.8 Å². The zero-order chi connectivity index (χ0) is 15.4. The van der Waals surface area contributed by atoms with E-state index in [1.807, 2.05) is 13.8 Å². The summed E-state index contributed by atoms with van der Waals surface area (Å²) in [6.07, 6.45) is 3.02. The van der Waals surface area contributed by atoms with E-state index in [2.05, 4.69) is 10.4 Å². The van der Waals surface area contributed by atoms with Crippen LogP contribution in [-0.2, 0) is 11.3 Å². The lowest BCUT2D eigenvalue weighted by Crippen LogP contribution is -2.56. The van der Waals surface area contributed by atoms with Crippen molar-refractivity contribution in [3.63, 3.8) is 0 Å². The molecular weight excluding hydrogens is 270 g/mol. The highest BCUT2D eigenvalue weighted by Gasteiger charge is 2.33. The number of aryl methyl sites for hydroxylation is 1. The van der Waals surface area contributed by atoms with Crippen LogP contribution >= 0.6 is 0 Å². The molecule has 0 saturated carbocycles. The summed E-state index contributed by atoms with van der Waals surface area (Å²) >= 11 is 0. The van der Waals surface area contributed by atoms with Crippen LogP contribution in [0, 0.1) is 6.92 Å². The summed E-state index contributed by atoms with van der Waals surface area (Å²) in [6, 6.07) is -0.391. The Kier molecular flexibility index (Phi) is 4.95. The maximum absolute atomic E-state index is 12.7. The number of hydrogen-bond acceptors (Lipinski definition) is 4. The number of amides is 2. The van der Waals surface area contributed by atoms with Crippen molar-refractivity contribution in [1.29, 1.82) is 0 Å². The average Bonchev–Trinajstić information content (AvgIpc) is 2.85. The van der Waals surface area contributed by atoms with E-state index >= 15 is 0 Å². The van der Waals surface area contributed by atoms with Crippen molar-refractivity contribution in [1.82, 2.24) is 20.0 Å². The Hall–Kier alpha value is -1.89. The van der Waals surface area contributed by atoms with Crippen LogP contribution in [0.25, 0.3) is 0 Å². The Labute approximate surface area is 124 Å². The smallest absolute Gasteiger partial charge is 0.258 e. The number of nitrogens with one attached hydrogen (secondary N) is 1. The molecule has 1 atom stereocenters. The highest BCUT2D eigenvalue weighted by molar-refractivity contribution is 5.98. The van der Waals surface area contributed by atoms with Gasteiger partial charge < -0.3 is 16.0 Å². The molecule has 1 aliphatic heterocycles. The van der Waals surface area contributed by atoms with Crippen LogP contribution < -0.4 is 11.1 Å². The topological polar surface area (TPSA) is 93.2 Å². The molecule has 0 bridgehead atoms. The Morgan fingerprint density at radius 1 is 1.57 bits per heavy atom. The first-order valence-corrected chi connectivity index (χ1v) is 7.41. The Morgan fingerprint density at radius 3 is 3.00 bits per heavy atom. The molecule has 7 heteroatoms. The minimum Gasteiger partial charge on any atom is -0.353 e. The molecular formula is C14H23N5O2. The number of carbonyl (C=O) groups is 2. The van der Waals surface area contributed by atoms with Gasteiger partial charge in [0.25, 0.3) is 5.91 Å². The highest BCUT2D eigenvalue weighted by atomic mass is 16.2. The van der Waals surface area contributed by atoms with Gasteiger partial charge in [-0.15, -0.1) is 0 Å². The van der Waals surface area contributed by atoms with E-state index in [4.69, 9.17) is 5.73 Å². The second kappa shape index (κ2) is 6.71. The Bertz CT molecular complexity index is 525. The maximum Gasteiger partial charge on any atom is 0.258 e. The second-order valence-corrected chi connectivity index (χ2v) is 5.22. The number of hydrogen-bond donors (Lipinski definition) is 2. The minimum atomic E-state index is -0.391. The van der Waals surface area contributed by atoms with E-state index in [-0.39, 0.29) is 11.8 Å². The van der Waals surface area contributed by atoms with Gasteiger partial charge in [0, 0.05) is 25.3 Å². The van der Waals surface area contributed by atoms with Gasteiger partial charge in [0.15, 0.2) is 0 Å². The van der Waals surface area contributed by atoms with Gasteiger partial charge in [-0.1, -0.05) is 6.92 Å². The van der Waals surface area contributed by atoms with Gasteiger partial charge in [0.1, 0.15) is 6.04 Å². The fourth-order valence-corrected chi connectivity index (χ4v) is 2.64. The predicted molar refractivity (Wildman–Crippen MR) is 78.8 cm³/mol. The monoisotopic (exact) mass is 293 g/mol. The summed E-state index contributed by atoms with van der Waals surface area (Å²) < 4.78 is 1.80. The van der Waals surface area contributed by atoms with Crippen LogP contribution in [0.5, 0.6) is 0 Å². The molecule has 116 valence electrons. The Morgan fingerprint density at radius 2 is 2.33 bits per heavy atom. The molecule has 2 amide bonds. The number of nitrogens with two attached hydrogens (primary N) is 1. The third kappa shape index (κ3) is 3.07. The molecule has 0 aromatic carbocycles. The molecule has 21 heavy (non-hydrogen) atoms. The standard InChI is InChI=1S/C14H23N5O2/c1-3-12-13(20)16-6-8-18(12)14(21)11-9-17-19(10(11)2)7-4-5-15/h9,12H,3-8,15H2,1-2H3,(H,16,20). The summed E-state index contributed by atoms with van der Waals surface area (Å²) in [5.74, 6) is -0.196. The molecule has 1 fully saturated rings. The summed E-state index contributed by atoms with van der Waals surface area (Å²) in [6.45, 7) is 6.12. The first-order valence-electron chi connectivity index (χ1n) is 7.41. The average molecular weight is 293 g/mol. The summed E-state index contributed by atoms with van der Waals surface area (Å²) in [4.78, 5) is 26.2. The predicted octanol–water partition coefficient (Wildman–Crippen LogP) is -0.109. The van der Waals surface area contributed by atoms with Gasteiger partial charge in [0.2, 0.25) is 5.91 Å². The van der Waals surface area contributed by atoms with Crippen molar-refractivity contribution in [3.8, 4) is 0 Å². The van der Waals surface area contributed by atoms with E-state index in [0.29, 0.717) is 38.2 Å². The van der Waals surface area contributed by atoms with Crippen molar-refractivity contribution in [3.05, 3.63) is 17.5 Å². The van der Waals surface area contributed by atoms with Gasteiger partial charge in [0.05, 0.1) is 11.8 Å². The molecule has 1 aromatic heterocycles. The van der Waals surface area contributed by atoms with E-state index in [0.717, 1.165) is 12.1 Å². The molecule has 7 nitrogen and oxygen atoms in total. The van der Waals surface area contributed by atoms with Gasteiger partial charge in [-0.2, -0.15) is 5.10 Å². The molecule has 3 N–H and O–H groups in total. The highest BCUT2D eigenvalue weighted by Crippen LogP contribution is 2.16. The normalized spacial score (nSPS) is 18.7. The van der Waals surface area contributed by atoms with Gasteiger partial charge >= 0.3 is 0 Å². The molecule has 0 radical (unpaired) electrons. The second-order valence-electron chi connectivity index (χ2n) is 5.22. The fourth-order valence-electron chi connectivity index (χ4n) is 2.64. The molecule has 1 unspecified atom stereocenters. The number of carbonyl (C=O) groups excluding carboxylic acids is 2. The van der Waals surface area contributed by atoms with Gasteiger partial charge in [-0.05, 0) is 26.3 Å². The van der Waals surface area contributed by atoms with Crippen LogP contribution in [0.1, 0.15) is 35.8 Å². The largest absolute Gasteiger partial charge is 0.353 e. The summed E-state index contributed by atoms with van der Waals surface area (Å²) in [5, 5.41) is 7.05. The first-order chi connectivity index (χ1) is 10.1. The number of piperazine rings is 1. The molecule has 2 rings (SSSR count). The fraction of sp³-hybridized carbons (Fsp3) is 0.643. The lowest BCUT2D eigenvalue weighted by atomic mass is 10.1. The van der Waals surface area contributed by atoms with E-state index in [1.54, 1.807) is 15.8 Å². The number of aromatic nitrogens is 2. The van der Waals surface area contributed by atoms with Crippen LogP contribution in [0.4, 0.5) is 0 Å². The van der Waals surface area contributed by atoms with Gasteiger partial charge in [-0.25, -0.2) is 0 Å². The van der Waals surface area contributed by atoms with Crippen molar-refractivity contribution in [2.75, 3.05) is 19.6 Å². The minimum absolute atomic E-state index is 0.0784. The van der Waals surface area contributed by atoms with Crippen molar-refractivity contribution in [2.24, 2.45) is 5.73 Å². The van der Waals surface area contributed by atoms with E-state index in [1.165, 1.54) is 0 Å². The zero-order valence-corrected chi connectivity index (χ0v) is 12.6. The molecule has 1 saturated heterocycles. The molecule has 1 aromatic rings. The molecule has 1 aliphatic rings. The third-order valence-corrected chi connectivity index (χ3v) is 3.89. The van der Waals surface area contributed by atoms with Crippen LogP contribution in [0.2, 0.25) is 0 Å². The first kappa shape index (κ1) is 15.5. The van der Waals surface area contributed by atoms with E-state index < -0.39 is 6.04 Å². The van der Waals surface area contributed by atoms with Crippen LogP contribution in [0.3, 0.4) is 0 Å². The third-order valence-electron chi connectivity index (χ3n) is 3.89. The van der Waals surface area contributed by atoms with Gasteiger partial charge in [-0.3, -0.25) is 14.3 Å². The quantitative estimate of drug-likeness (QED) is 0.792. The maximum atomic E-state index is 12.7. The molecule has 0 spiro atoms. The number of rotatable bonds is 5. The van der Waals surface area contributed by atoms with E-state index in [9.17, 15) is 9.59 Å².